The van der Waals surface area contributed by atoms with Gasteiger partial charge in [-0.1, -0.05) is 12.1 Å². The molecule has 0 fully saturated rings. The first kappa shape index (κ1) is 12.2. The number of benzene rings is 2. The van der Waals surface area contributed by atoms with E-state index < -0.39 is 0 Å². The van der Waals surface area contributed by atoms with Crippen LogP contribution in [0.2, 0.25) is 0 Å². The zero-order valence-corrected chi connectivity index (χ0v) is 11.1. The van der Waals surface area contributed by atoms with Crippen LogP contribution >= 0.6 is 0 Å². The van der Waals surface area contributed by atoms with Crippen LogP contribution in [0, 0.1) is 11.6 Å². The summed E-state index contributed by atoms with van der Waals surface area (Å²) in [6.07, 6.45) is 2.16. The van der Waals surface area contributed by atoms with E-state index in [4.69, 9.17) is 0 Å². The Labute approximate surface area is 119 Å². The SMILES string of the molecule is Fc1ccc2c(c1)N(c1ncnc3c(F)cccc13)CC2. The van der Waals surface area contributed by atoms with Crippen molar-refractivity contribution >= 4 is 22.4 Å². The lowest BCUT2D eigenvalue weighted by Gasteiger charge is -2.19. The second-order valence-corrected chi connectivity index (χ2v) is 5.01. The van der Waals surface area contributed by atoms with E-state index in [0.717, 1.165) is 17.7 Å². The highest BCUT2D eigenvalue weighted by Crippen LogP contribution is 2.36. The number of rotatable bonds is 1. The number of hydrogen-bond donors (Lipinski definition) is 0. The normalized spacial score (nSPS) is 13.7. The van der Waals surface area contributed by atoms with Gasteiger partial charge < -0.3 is 4.90 Å². The molecule has 0 unspecified atom stereocenters. The molecule has 3 aromatic rings. The van der Waals surface area contributed by atoms with Crippen molar-refractivity contribution in [2.45, 2.75) is 6.42 Å². The largest absolute Gasteiger partial charge is 0.325 e. The molecule has 0 N–H and O–H groups in total. The zero-order chi connectivity index (χ0) is 14.4. The highest BCUT2D eigenvalue weighted by molar-refractivity contribution is 5.92. The van der Waals surface area contributed by atoms with Gasteiger partial charge in [-0.2, -0.15) is 0 Å². The lowest BCUT2D eigenvalue weighted by molar-refractivity contribution is 0.628. The van der Waals surface area contributed by atoms with Crippen LogP contribution in [0.1, 0.15) is 5.56 Å². The van der Waals surface area contributed by atoms with E-state index in [0.29, 0.717) is 17.7 Å². The van der Waals surface area contributed by atoms with E-state index in [-0.39, 0.29) is 17.2 Å². The topological polar surface area (TPSA) is 29.0 Å². The Morgan fingerprint density at radius 2 is 1.95 bits per heavy atom. The van der Waals surface area contributed by atoms with E-state index in [1.165, 1.54) is 24.5 Å². The summed E-state index contributed by atoms with van der Waals surface area (Å²) in [7, 11) is 0. The van der Waals surface area contributed by atoms with Crippen LogP contribution in [-0.2, 0) is 6.42 Å². The first-order valence-corrected chi connectivity index (χ1v) is 6.69. The summed E-state index contributed by atoms with van der Waals surface area (Å²) in [6.45, 7) is 0.696. The molecule has 5 heteroatoms. The number of hydrogen-bond acceptors (Lipinski definition) is 3. The number of anilines is 2. The Bertz CT molecular complexity index is 848. The quantitative estimate of drug-likeness (QED) is 0.683. The van der Waals surface area contributed by atoms with Gasteiger partial charge in [-0.25, -0.2) is 18.7 Å². The minimum absolute atomic E-state index is 0.285. The first-order valence-electron chi connectivity index (χ1n) is 6.69. The van der Waals surface area contributed by atoms with Crippen LogP contribution in [-0.4, -0.2) is 16.5 Å². The van der Waals surface area contributed by atoms with Crippen LogP contribution in [0.3, 0.4) is 0 Å². The molecule has 0 bridgehead atoms. The maximum atomic E-state index is 13.8. The molecule has 1 aromatic heterocycles. The van der Waals surface area contributed by atoms with Gasteiger partial charge in [-0.15, -0.1) is 0 Å². The molecule has 3 nitrogen and oxygen atoms in total. The fraction of sp³-hybridized carbons (Fsp3) is 0.125. The monoisotopic (exact) mass is 283 g/mol. The molecule has 21 heavy (non-hydrogen) atoms. The van der Waals surface area contributed by atoms with Crippen molar-refractivity contribution < 1.29 is 8.78 Å². The molecule has 1 aliphatic heterocycles. The Balaban J connectivity index is 1.94. The lowest BCUT2D eigenvalue weighted by atomic mass is 10.1. The molecule has 0 spiro atoms. The maximum Gasteiger partial charge on any atom is 0.149 e. The van der Waals surface area contributed by atoms with Gasteiger partial charge >= 0.3 is 0 Å². The average molecular weight is 283 g/mol. The zero-order valence-electron chi connectivity index (χ0n) is 11.1. The summed E-state index contributed by atoms with van der Waals surface area (Å²) in [5.41, 5.74) is 2.14. The summed E-state index contributed by atoms with van der Waals surface area (Å²) in [5, 5.41) is 0.634. The molecule has 4 rings (SSSR count). The second-order valence-electron chi connectivity index (χ2n) is 5.01. The summed E-state index contributed by atoms with van der Waals surface area (Å²) >= 11 is 0. The van der Waals surface area contributed by atoms with E-state index in [1.807, 2.05) is 4.90 Å². The molecule has 2 heterocycles. The van der Waals surface area contributed by atoms with Gasteiger partial charge in [0.05, 0.1) is 0 Å². The summed E-state index contributed by atoms with van der Waals surface area (Å²) in [5.74, 6) is -0.0520. The third-order valence-corrected chi connectivity index (χ3v) is 3.79. The fourth-order valence-corrected chi connectivity index (χ4v) is 2.83. The molecule has 104 valence electrons. The number of para-hydroxylation sites is 1. The average Bonchev–Trinajstić information content (AvgIpc) is 2.90. The molecule has 2 aromatic carbocycles. The van der Waals surface area contributed by atoms with E-state index in [2.05, 4.69) is 9.97 Å². The highest BCUT2D eigenvalue weighted by Gasteiger charge is 2.24. The van der Waals surface area contributed by atoms with Gasteiger partial charge in [0.15, 0.2) is 0 Å². The third-order valence-electron chi connectivity index (χ3n) is 3.79. The first-order chi connectivity index (χ1) is 10.2. The van der Waals surface area contributed by atoms with Crippen molar-refractivity contribution in [2.75, 3.05) is 11.4 Å². The number of aromatic nitrogens is 2. The van der Waals surface area contributed by atoms with Crippen LogP contribution < -0.4 is 4.90 Å². The van der Waals surface area contributed by atoms with Crippen LogP contribution in [0.15, 0.2) is 42.7 Å². The van der Waals surface area contributed by atoms with Crippen LogP contribution in [0.5, 0.6) is 0 Å². The van der Waals surface area contributed by atoms with Crippen molar-refractivity contribution in [3.05, 3.63) is 59.9 Å². The summed E-state index contributed by atoms with van der Waals surface area (Å²) in [6, 6.07) is 9.53. The Kier molecular flexibility index (Phi) is 2.60. The van der Waals surface area contributed by atoms with Crippen molar-refractivity contribution in [3.8, 4) is 0 Å². The molecular weight excluding hydrogens is 272 g/mol. The number of nitrogens with zero attached hydrogens (tertiary/aromatic N) is 3. The van der Waals surface area contributed by atoms with E-state index >= 15 is 0 Å². The predicted molar refractivity (Wildman–Crippen MR) is 76.6 cm³/mol. The minimum atomic E-state index is -0.380. The van der Waals surface area contributed by atoms with E-state index in [1.54, 1.807) is 18.2 Å². The highest BCUT2D eigenvalue weighted by atomic mass is 19.1. The standard InChI is InChI=1S/C16H11F2N3/c17-11-5-4-10-6-7-21(14(10)8-11)16-12-2-1-3-13(18)15(12)19-9-20-16/h1-5,8-9H,6-7H2. The van der Waals surface area contributed by atoms with Gasteiger partial charge in [-0.05, 0) is 36.2 Å². The molecule has 0 saturated carbocycles. The lowest BCUT2D eigenvalue weighted by Crippen LogP contribution is -2.15. The Hall–Kier alpha value is -2.56. The number of fused-ring (bicyclic) bond motifs is 2. The van der Waals surface area contributed by atoms with Gasteiger partial charge in [0.25, 0.3) is 0 Å². The number of halogens is 2. The molecule has 1 aliphatic rings. The second kappa shape index (κ2) is 4.48. The van der Waals surface area contributed by atoms with Crippen LogP contribution in [0.4, 0.5) is 20.3 Å². The summed E-state index contributed by atoms with van der Waals surface area (Å²) in [4.78, 5) is 10.2. The van der Waals surface area contributed by atoms with Crippen molar-refractivity contribution in [2.24, 2.45) is 0 Å². The van der Waals surface area contributed by atoms with E-state index in [9.17, 15) is 8.78 Å². The summed E-state index contributed by atoms with van der Waals surface area (Å²) < 4.78 is 27.4. The smallest absolute Gasteiger partial charge is 0.149 e. The Morgan fingerprint density at radius 3 is 2.86 bits per heavy atom. The minimum Gasteiger partial charge on any atom is -0.325 e. The predicted octanol–water partition coefficient (Wildman–Crippen LogP) is 3.60. The Morgan fingerprint density at radius 1 is 1.05 bits per heavy atom. The van der Waals surface area contributed by atoms with Gasteiger partial charge in [0.1, 0.15) is 29.3 Å². The molecular formula is C16H11F2N3. The maximum absolute atomic E-state index is 13.8. The molecule has 0 saturated heterocycles. The van der Waals surface area contributed by atoms with Crippen LogP contribution in [0.25, 0.3) is 10.9 Å². The fourth-order valence-electron chi connectivity index (χ4n) is 2.83. The van der Waals surface area contributed by atoms with Gasteiger partial charge in [0.2, 0.25) is 0 Å². The van der Waals surface area contributed by atoms with Gasteiger partial charge in [-0.3, -0.25) is 0 Å². The third kappa shape index (κ3) is 1.85. The van der Waals surface area contributed by atoms with Crippen molar-refractivity contribution in [1.82, 2.24) is 9.97 Å². The van der Waals surface area contributed by atoms with Gasteiger partial charge in [0, 0.05) is 17.6 Å². The van der Waals surface area contributed by atoms with Crippen molar-refractivity contribution in [3.63, 3.8) is 0 Å². The molecule has 0 aliphatic carbocycles. The molecule has 0 radical (unpaired) electrons. The van der Waals surface area contributed by atoms with Crippen molar-refractivity contribution in [1.29, 1.82) is 0 Å². The molecule has 0 amide bonds. The molecule has 0 atom stereocenters.